The van der Waals surface area contributed by atoms with Gasteiger partial charge in [-0.05, 0) is 44.1 Å². The molecular formula is C12H19NOS. The fraction of sp³-hybridized carbons (Fsp3) is 0.667. The summed E-state index contributed by atoms with van der Waals surface area (Å²) in [6, 6.07) is 5.17. The number of rotatable bonds is 3. The van der Waals surface area contributed by atoms with Gasteiger partial charge in [-0.15, -0.1) is 11.3 Å². The lowest BCUT2D eigenvalue weighted by molar-refractivity contribution is 0.109. The number of nitrogens with one attached hydrogen (secondary N) is 1. The average molecular weight is 225 g/mol. The van der Waals surface area contributed by atoms with Gasteiger partial charge < -0.3 is 10.4 Å². The summed E-state index contributed by atoms with van der Waals surface area (Å²) in [5, 5.41) is 15.3. The summed E-state index contributed by atoms with van der Waals surface area (Å²) >= 11 is 1.80. The van der Waals surface area contributed by atoms with Gasteiger partial charge in [0, 0.05) is 17.0 Å². The molecule has 0 bridgehead atoms. The fourth-order valence-corrected chi connectivity index (χ4v) is 3.03. The van der Waals surface area contributed by atoms with Gasteiger partial charge in [-0.25, -0.2) is 0 Å². The molecule has 15 heavy (non-hydrogen) atoms. The van der Waals surface area contributed by atoms with Gasteiger partial charge >= 0.3 is 0 Å². The van der Waals surface area contributed by atoms with Gasteiger partial charge in [-0.3, -0.25) is 0 Å². The van der Waals surface area contributed by atoms with E-state index in [-0.39, 0.29) is 6.10 Å². The van der Waals surface area contributed by atoms with E-state index in [0.29, 0.717) is 12.1 Å². The normalized spacial score (nSPS) is 28.9. The van der Waals surface area contributed by atoms with E-state index in [1.807, 2.05) is 0 Å². The van der Waals surface area contributed by atoms with Gasteiger partial charge in [0.05, 0.1) is 6.10 Å². The van der Waals surface area contributed by atoms with Crippen LogP contribution < -0.4 is 5.32 Å². The van der Waals surface area contributed by atoms with E-state index in [0.717, 1.165) is 19.3 Å². The first kappa shape index (κ1) is 11.1. The number of hydrogen-bond acceptors (Lipinski definition) is 3. The van der Waals surface area contributed by atoms with E-state index in [2.05, 4.69) is 29.8 Å². The molecule has 84 valence electrons. The van der Waals surface area contributed by atoms with Crippen molar-refractivity contribution in [1.82, 2.24) is 5.32 Å². The van der Waals surface area contributed by atoms with Crippen molar-refractivity contribution in [2.24, 2.45) is 0 Å². The Hall–Kier alpha value is -0.380. The van der Waals surface area contributed by atoms with Crippen LogP contribution in [0.2, 0.25) is 0 Å². The maximum Gasteiger partial charge on any atom is 0.0555 e. The maximum atomic E-state index is 9.59. The molecule has 0 spiro atoms. The second kappa shape index (κ2) is 5.10. The van der Waals surface area contributed by atoms with Crippen LogP contribution in [-0.2, 0) is 0 Å². The molecule has 0 saturated heterocycles. The number of aliphatic hydroxyl groups excluding tert-OH is 1. The van der Waals surface area contributed by atoms with Crippen molar-refractivity contribution in [2.45, 2.75) is 50.8 Å². The summed E-state index contributed by atoms with van der Waals surface area (Å²) in [7, 11) is 0. The molecule has 1 heterocycles. The summed E-state index contributed by atoms with van der Waals surface area (Å²) in [5.74, 6) is 0. The topological polar surface area (TPSA) is 32.3 Å². The molecule has 3 atom stereocenters. The van der Waals surface area contributed by atoms with E-state index in [9.17, 15) is 5.11 Å². The van der Waals surface area contributed by atoms with Gasteiger partial charge in [-0.1, -0.05) is 6.07 Å². The van der Waals surface area contributed by atoms with Crippen LogP contribution in [0, 0.1) is 0 Å². The highest BCUT2D eigenvalue weighted by Crippen LogP contribution is 2.23. The molecule has 2 rings (SSSR count). The molecule has 2 nitrogen and oxygen atoms in total. The van der Waals surface area contributed by atoms with Crippen LogP contribution >= 0.6 is 11.3 Å². The first-order valence-electron chi connectivity index (χ1n) is 5.73. The highest BCUT2D eigenvalue weighted by atomic mass is 32.1. The first-order chi connectivity index (χ1) is 7.25. The molecule has 1 aromatic heterocycles. The lowest BCUT2D eigenvalue weighted by Gasteiger charge is -2.29. The van der Waals surface area contributed by atoms with Crippen molar-refractivity contribution in [1.29, 1.82) is 0 Å². The summed E-state index contributed by atoms with van der Waals surface area (Å²) < 4.78 is 0. The first-order valence-corrected chi connectivity index (χ1v) is 6.61. The largest absolute Gasteiger partial charge is 0.393 e. The summed E-state index contributed by atoms with van der Waals surface area (Å²) in [6.45, 7) is 2.20. The zero-order valence-electron chi connectivity index (χ0n) is 9.15. The lowest BCUT2D eigenvalue weighted by Crippen LogP contribution is -2.37. The SMILES string of the molecule is CC(NC1CCCC(O)C1)c1cccs1. The van der Waals surface area contributed by atoms with Crippen molar-refractivity contribution in [3.8, 4) is 0 Å². The Bertz CT molecular complexity index is 286. The monoisotopic (exact) mass is 225 g/mol. The van der Waals surface area contributed by atoms with E-state index < -0.39 is 0 Å². The third-order valence-electron chi connectivity index (χ3n) is 3.10. The van der Waals surface area contributed by atoms with Crippen LogP contribution in [0.1, 0.15) is 43.5 Å². The fourth-order valence-electron chi connectivity index (χ4n) is 2.29. The number of hydrogen-bond donors (Lipinski definition) is 2. The van der Waals surface area contributed by atoms with Crippen LogP contribution in [-0.4, -0.2) is 17.3 Å². The molecule has 1 aliphatic carbocycles. The third-order valence-corrected chi connectivity index (χ3v) is 4.16. The van der Waals surface area contributed by atoms with Crippen LogP contribution in [0.4, 0.5) is 0 Å². The smallest absolute Gasteiger partial charge is 0.0555 e. The Morgan fingerprint density at radius 1 is 1.53 bits per heavy atom. The molecule has 1 aromatic rings. The van der Waals surface area contributed by atoms with Gasteiger partial charge in [0.1, 0.15) is 0 Å². The second-order valence-electron chi connectivity index (χ2n) is 4.42. The van der Waals surface area contributed by atoms with E-state index in [1.165, 1.54) is 11.3 Å². The highest BCUT2D eigenvalue weighted by molar-refractivity contribution is 7.10. The molecule has 1 saturated carbocycles. The predicted molar refractivity (Wildman–Crippen MR) is 64.1 cm³/mol. The zero-order valence-corrected chi connectivity index (χ0v) is 9.96. The maximum absolute atomic E-state index is 9.59. The molecule has 0 amide bonds. The Kier molecular flexibility index (Phi) is 3.78. The Morgan fingerprint density at radius 3 is 3.07 bits per heavy atom. The van der Waals surface area contributed by atoms with Crippen LogP contribution in [0.15, 0.2) is 17.5 Å². The Balaban J connectivity index is 1.86. The molecule has 1 aliphatic rings. The Morgan fingerprint density at radius 2 is 2.40 bits per heavy atom. The van der Waals surface area contributed by atoms with Crippen molar-refractivity contribution >= 4 is 11.3 Å². The molecule has 2 N–H and O–H groups in total. The molecule has 3 unspecified atom stereocenters. The van der Waals surface area contributed by atoms with Crippen molar-refractivity contribution in [3.05, 3.63) is 22.4 Å². The third kappa shape index (κ3) is 3.03. The minimum Gasteiger partial charge on any atom is -0.393 e. The van der Waals surface area contributed by atoms with Gasteiger partial charge in [0.25, 0.3) is 0 Å². The number of aliphatic hydroxyl groups is 1. The zero-order chi connectivity index (χ0) is 10.7. The number of thiophene rings is 1. The molecule has 0 aliphatic heterocycles. The van der Waals surface area contributed by atoms with E-state index in [4.69, 9.17) is 0 Å². The standard InChI is InChI=1S/C12H19NOS/c1-9(12-6-3-7-15-12)13-10-4-2-5-11(14)8-10/h3,6-7,9-11,13-14H,2,4-5,8H2,1H3. The summed E-state index contributed by atoms with van der Waals surface area (Å²) in [5.41, 5.74) is 0. The van der Waals surface area contributed by atoms with Crippen molar-refractivity contribution < 1.29 is 5.11 Å². The summed E-state index contributed by atoms with van der Waals surface area (Å²) in [6.07, 6.45) is 4.15. The van der Waals surface area contributed by atoms with E-state index in [1.54, 1.807) is 11.3 Å². The Labute approximate surface area is 95.3 Å². The molecule has 0 aromatic carbocycles. The average Bonchev–Trinajstić information content (AvgIpc) is 2.70. The van der Waals surface area contributed by atoms with Gasteiger partial charge in [0.15, 0.2) is 0 Å². The van der Waals surface area contributed by atoms with Crippen molar-refractivity contribution in [2.75, 3.05) is 0 Å². The second-order valence-corrected chi connectivity index (χ2v) is 5.40. The molecule has 3 heteroatoms. The van der Waals surface area contributed by atoms with Crippen LogP contribution in [0.5, 0.6) is 0 Å². The molecular weight excluding hydrogens is 206 g/mol. The quantitative estimate of drug-likeness (QED) is 0.829. The van der Waals surface area contributed by atoms with Crippen molar-refractivity contribution in [3.63, 3.8) is 0 Å². The van der Waals surface area contributed by atoms with E-state index >= 15 is 0 Å². The van der Waals surface area contributed by atoms with Crippen LogP contribution in [0.3, 0.4) is 0 Å². The minimum atomic E-state index is -0.0909. The predicted octanol–water partition coefficient (Wildman–Crippen LogP) is 2.70. The van der Waals surface area contributed by atoms with Gasteiger partial charge in [0.2, 0.25) is 0 Å². The highest BCUT2D eigenvalue weighted by Gasteiger charge is 2.21. The van der Waals surface area contributed by atoms with Gasteiger partial charge in [-0.2, -0.15) is 0 Å². The molecule has 1 fully saturated rings. The lowest BCUT2D eigenvalue weighted by atomic mass is 9.92. The van der Waals surface area contributed by atoms with Crippen LogP contribution in [0.25, 0.3) is 0 Å². The summed E-state index contributed by atoms with van der Waals surface area (Å²) in [4.78, 5) is 1.38. The minimum absolute atomic E-state index is 0.0909. The molecule has 0 radical (unpaired) electrons.